The van der Waals surface area contributed by atoms with Crippen molar-refractivity contribution < 1.29 is 43.5 Å². The Bertz CT molecular complexity index is 903. The monoisotopic (exact) mass is 405 g/mol. The molecule has 2 rings (SSSR count). The first-order valence-electron chi connectivity index (χ1n) is 6.47. The quantitative estimate of drug-likeness (QED) is 0.746. The number of rotatable bonds is 3. The summed E-state index contributed by atoms with van der Waals surface area (Å²) in [6, 6.07) is 1.19. The van der Waals surface area contributed by atoms with Crippen molar-refractivity contribution >= 4 is 15.7 Å². The molecule has 0 saturated heterocycles. The van der Waals surface area contributed by atoms with E-state index < -0.39 is 55.7 Å². The fraction of sp³-hybridized carbons (Fsp3) is 0.143. The van der Waals surface area contributed by atoms with Gasteiger partial charge in [-0.05, 0) is 30.3 Å². The number of nitrogens with one attached hydrogen (secondary N) is 1. The van der Waals surface area contributed by atoms with Crippen LogP contribution in [0, 0.1) is 11.6 Å². The first-order chi connectivity index (χ1) is 11.7. The van der Waals surface area contributed by atoms with Crippen LogP contribution in [-0.4, -0.2) is 8.42 Å². The maximum Gasteiger partial charge on any atom is 0.416 e. The van der Waals surface area contributed by atoms with E-state index in [4.69, 9.17) is 0 Å². The molecule has 2 aromatic carbocycles. The fourth-order valence-electron chi connectivity index (χ4n) is 1.86. The Morgan fingerprint density at radius 1 is 0.769 bits per heavy atom. The summed E-state index contributed by atoms with van der Waals surface area (Å²) in [7, 11) is -5.07. The topological polar surface area (TPSA) is 46.2 Å². The number of halogens is 8. The summed E-state index contributed by atoms with van der Waals surface area (Å²) in [4.78, 5) is -1.41. The van der Waals surface area contributed by atoms with Crippen molar-refractivity contribution in [3.8, 4) is 0 Å². The van der Waals surface area contributed by atoms with Crippen LogP contribution in [0.25, 0.3) is 0 Å². The Morgan fingerprint density at radius 3 is 1.73 bits per heavy atom. The third-order valence-electron chi connectivity index (χ3n) is 3.04. The second-order valence-corrected chi connectivity index (χ2v) is 6.65. The molecule has 142 valence electrons. The highest BCUT2D eigenvalue weighted by Crippen LogP contribution is 2.37. The zero-order valence-corrected chi connectivity index (χ0v) is 13.0. The van der Waals surface area contributed by atoms with Crippen molar-refractivity contribution in [3.63, 3.8) is 0 Å². The molecule has 0 fully saturated rings. The van der Waals surface area contributed by atoms with Crippen LogP contribution in [0.4, 0.5) is 40.8 Å². The molecule has 3 nitrogen and oxygen atoms in total. The van der Waals surface area contributed by atoms with Gasteiger partial charge in [0.15, 0.2) is 0 Å². The molecule has 0 aliphatic heterocycles. The van der Waals surface area contributed by atoms with Crippen LogP contribution in [0.5, 0.6) is 0 Å². The van der Waals surface area contributed by atoms with Crippen molar-refractivity contribution in [2.45, 2.75) is 17.2 Å². The minimum atomic E-state index is -5.27. The Hall–Kier alpha value is -2.37. The van der Waals surface area contributed by atoms with E-state index in [1.165, 1.54) is 4.72 Å². The summed E-state index contributed by atoms with van der Waals surface area (Å²) in [6.45, 7) is 0. The molecule has 0 aromatic heterocycles. The lowest BCUT2D eigenvalue weighted by atomic mass is 10.1. The van der Waals surface area contributed by atoms with E-state index in [-0.39, 0.29) is 18.2 Å². The minimum Gasteiger partial charge on any atom is -0.277 e. The van der Waals surface area contributed by atoms with Gasteiger partial charge in [0, 0.05) is 6.07 Å². The summed E-state index contributed by atoms with van der Waals surface area (Å²) in [5.41, 5.74) is -4.71. The molecule has 0 saturated carbocycles. The summed E-state index contributed by atoms with van der Waals surface area (Å²) < 4.78 is 129. The smallest absolute Gasteiger partial charge is 0.277 e. The van der Waals surface area contributed by atoms with Gasteiger partial charge in [-0.3, -0.25) is 4.72 Å². The standard InChI is InChI=1S/C14H7F8NO2S/c15-9-1-2-11(16)12(6-9)23-26(24,25)10-4-7(13(17,18)19)3-8(5-10)14(20,21)22/h1-6,23H. The maximum absolute atomic E-state index is 13.5. The lowest BCUT2D eigenvalue weighted by Crippen LogP contribution is -2.18. The van der Waals surface area contributed by atoms with Crippen LogP contribution in [0.1, 0.15) is 11.1 Å². The van der Waals surface area contributed by atoms with E-state index in [2.05, 4.69) is 0 Å². The van der Waals surface area contributed by atoms with Gasteiger partial charge in [-0.25, -0.2) is 17.2 Å². The van der Waals surface area contributed by atoms with Gasteiger partial charge in [0.2, 0.25) is 0 Å². The van der Waals surface area contributed by atoms with Gasteiger partial charge in [-0.1, -0.05) is 0 Å². The van der Waals surface area contributed by atoms with Gasteiger partial charge in [-0.2, -0.15) is 26.3 Å². The Kier molecular flexibility index (Phi) is 4.92. The maximum atomic E-state index is 13.5. The largest absolute Gasteiger partial charge is 0.416 e. The van der Waals surface area contributed by atoms with E-state index >= 15 is 0 Å². The fourth-order valence-corrected chi connectivity index (χ4v) is 2.99. The van der Waals surface area contributed by atoms with Crippen molar-refractivity contribution in [1.82, 2.24) is 0 Å². The van der Waals surface area contributed by atoms with Crippen LogP contribution >= 0.6 is 0 Å². The highest BCUT2D eigenvalue weighted by Gasteiger charge is 2.38. The van der Waals surface area contributed by atoms with Gasteiger partial charge in [0.25, 0.3) is 10.0 Å². The number of hydrogen-bond acceptors (Lipinski definition) is 2. The zero-order valence-electron chi connectivity index (χ0n) is 12.2. The van der Waals surface area contributed by atoms with Crippen LogP contribution in [-0.2, 0) is 22.4 Å². The van der Waals surface area contributed by atoms with Gasteiger partial charge >= 0.3 is 12.4 Å². The van der Waals surface area contributed by atoms with Crippen molar-refractivity contribution in [1.29, 1.82) is 0 Å². The normalized spacial score (nSPS) is 12.9. The molecule has 0 aliphatic carbocycles. The van der Waals surface area contributed by atoms with E-state index in [9.17, 15) is 43.5 Å². The lowest BCUT2D eigenvalue weighted by Gasteiger charge is -2.15. The number of hydrogen-bond donors (Lipinski definition) is 1. The SMILES string of the molecule is O=S(=O)(Nc1cc(F)ccc1F)c1cc(C(F)(F)F)cc(C(F)(F)F)c1. The third kappa shape index (κ3) is 4.42. The molecule has 1 N–H and O–H groups in total. The van der Waals surface area contributed by atoms with Crippen LogP contribution in [0.3, 0.4) is 0 Å². The van der Waals surface area contributed by atoms with Crippen LogP contribution in [0.2, 0.25) is 0 Å². The number of benzene rings is 2. The second-order valence-electron chi connectivity index (χ2n) is 4.97. The van der Waals surface area contributed by atoms with Gasteiger partial charge in [0.05, 0.1) is 21.7 Å². The third-order valence-corrected chi connectivity index (χ3v) is 4.39. The van der Waals surface area contributed by atoms with Crippen molar-refractivity contribution in [2.75, 3.05) is 4.72 Å². The van der Waals surface area contributed by atoms with Gasteiger partial charge in [0.1, 0.15) is 11.6 Å². The summed E-state index contributed by atoms with van der Waals surface area (Å²) >= 11 is 0. The summed E-state index contributed by atoms with van der Waals surface area (Å²) in [5.74, 6) is -2.36. The number of sulfonamides is 1. The number of alkyl halides is 6. The first kappa shape index (κ1) is 19.9. The lowest BCUT2D eigenvalue weighted by molar-refractivity contribution is -0.143. The molecular weight excluding hydrogens is 398 g/mol. The molecule has 0 unspecified atom stereocenters. The zero-order chi connectivity index (χ0) is 19.9. The molecule has 2 aromatic rings. The van der Waals surface area contributed by atoms with E-state index in [0.717, 1.165) is 0 Å². The second kappa shape index (κ2) is 6.41. The highest BCUT2D eigenvalue weighted by molar-refractivity contribution is 7.92. The van der Waals surface area contributed by atoms with Crippen molar-refractivity contribution in [3.05, 3.63) is 59.2 Å². The molecule has 26 heavy (non-hydrogen) atoms. The Balaban J connectivity index is 2.60. The molecule has 0 aliphatic rings. The molecule has 0 spiro atoms. The van der Waals surface area contributed by atoms with E-state index in [1.807, 2.05) is 0 Å². The molecule has 0 atom stereocenters. The predicted molar refractivity (Wildman–Crippen MR) is 73.6 cm³/mol. The van der Waals surface area contributed by atoms with Crippen LogP contribution in [0.15, 0.2) is 41.3 Å². The van der Waals surface area contributed by atoms with E-state index in [0.29, 0.717) is 18.2 Å². The molecule has 0 radical (unpaired) electrons. The molecule has 0 heterocycles. The predicted octanol–water partition coefficient (Wildman–Crippen LogP) is 4.80. The summed E-state index contributed by atoms with van der Waals surface area (Å²) in [5, 5.41) is 0. The minimum absolute atomic E-state index is 0.0468. The molecule has 0 bridgehead atoms. The first-order valence-corrected chi connectivity index (χ1v) is 7.96. The Morgan fingerprint density at radius 2 is 1.27 bits per heavy atom. The average molecular weight is 405 g/mol. The van der Waals surface area contributed by atoms with Gasteiger partial charge < -0.3 is 0 Å². The molecule has 12 heteroatoms. The highest BCUT2D eigenvalue weighted by atomic mass is 32.2. The average Bonchev–Trinajstić information content (AvgIpc) is 2.48. The molecular formula is C14H7F8NO2S. The van der Waals surface area contributed by atoms with E-state index in [1.54, 1.807) is 0 Å². The number of anilines is 1. The van der Waals surface area contributed by atoms with Gasteiger partial charge in [-0.15, -0.1) is 0 Å². The molecule has 0 amide bonds. The Labute approximate surface area is 141 Å². The van der Waals surface area contributed by atoms with Crippen molar-refractivity contribution in [2.24, 2.45) is 0 Å². The summed E-state index contributed by atoms with van der Waals surface area (Å²) in [6.07, 6.45) is -10.5. The van der Waals surface area contributed by atoms with Crippen LogP contribution < -0.4 is 4.72 Å².